The quantitative estimate of drug-likeness (QED) is 0.872. The van der Waals surface area contributed by atoms with Gasteiger partial charge in [0.1, 0.15) is 6.33 Å². The van der Waals surface area contributed by atoms with E-state index in [1.807, 2.05) is 0 Å². The van der Waals surface area contributed by atoms with Gasteiger partial charge in [-0.05, 0) is 37.8 Å². The summed E-state index contributed by atoms with van der Waals surface area (Å²) in [4.78, 5) is 6.67. The van der Waals surface area contributed by atoms with E-state index in [9.17, 15) is 0 Å². The van der Waals surface area contributed by atoms with Gasteiger partial charge in [0.15, 0.2) is 0 Å². The maximum Gasteiger partial charge on any atom is 0.204 e. The van der Waals surface area contributed by atoms with E-state index in [1.54, 1.807) is 6.33 Å². The standard InChI is InChI=1S/C12H22N4S/c1-10(2)6-13-7-11-4-3-5-16(8-11)12-14-9-15-17-12/h9-11,13H,3-8H2,1-2H3. The predicted molar refractivity (Wildman–Crippen MR) is 72.6 cm³/mol. The molecule has 17 heavy (non-hydrogen) atoms. The third kappa shape index (κ3) is 3.92. The molecule has 4 nitrogen and oxygen atoms in total. The van der Waals surface area contributed by atoms with E-state index in [1.165, 1.54) is 24.4 Å². The van der Waals surface area contributed by atoms with Gasteiger partial charge in [0, 0.05) is 24.6 Å². The Bertz CT molecular complexity index is 312. The lowest BCUT2D eigenvalue weighted by molar-refractivity contribution is 0.382. The number of rotatable bonds is 5. The van der Waals surface area contributed by atoms with Gasteiger partial charge < -0.3 is 10.2 Å². The first-order chi connectivity index (χ1) is 8.25. The minimum atomic E-state index is 0.734. The van der Waals surface area contributed by atoms with Crippen LogP contribution in [-0.2, 0) is 0 Å². The highest BCUT2D eigenvalue weighted by atomic mass is 32.1. The van der Waals surface area contributed by atoms with Crippen LogP contribution in [0.15, 0.2) is 6.33 Å². The Morgan fingerprint density at radius 2 is 2.47 bits per heavy atom. The van der Waals surface area contributed by atoms with Crippen LogP contribution in [0.2, 0.25) is 0 Å². The number of nitrogens with zero attached hydrogens (tertiary/aromatic N) is 3. The highest BCUT2D eigenvalue weighted by molar-refractivity contribution is 7.09. The summed E-state index contributed by atoms with van der Waals surface area (Å²) in [6.45, 7) is 9.02. The normalized spacial score (nSPS) is 21.1. The van der Waals surface area contributed by atoms with Crippen molar-refractivity contribution in [3.8, 4) is 0 Å². The van der Waals surface area contributed by atoms with E-state index in [4.69, 9.17) is 0 Å². The van der Waals surface area contributed by atoms with Crippen molar-refractivity contribution in [1.82, 2.24) is 14.7 Å². The van der Waals surface area contributed by atoms with Crippen molar-refractivity contribution >= 4 is 16.7 Å². The summed E-state index contributed by atoms with van der Waals surface area (Å²) in [6, 6.07) is 0. The Kier molecular flexibility index (Phi) is 4.74. The lowest BCUT2D eigenvalue weighted by atomic mass is 9.98. The zero-order chi connectivity index (χ0) is 12.1. The highest BCUT2D eigenvalue weighted by Crippen LogP contribution is 2.23. The lowest BCUT2D eigenvalue weighted by Crippen LogP contribution is -2.40. The molecule has 1 aliphatic heterocycles. The van der Waals surface area contributed by atoms with Gasteiger partial charge in [-0.2, -0.15) is 4.37 Å². The zero-order valence-corrected chi connectivity index (χ0v) is 11.5. The molecule has 1 saturated heterocycles. The fraction of sp³-hybridized carbons (Fsp3) is 0.833. The minimum absolute atomic E-state index is 0.734. The largest absolute Gasteiger partial charge is 0.347 e. The molecule has 5 heteroatoms. The van der Waals surface area contributed by atoms with Crippen molar-refractivity contribution in [2.75, 3.05) is 31.1 Å². The van der Waals surface area contributed by atoms with Gasteiger partial charge >= 0.3 is 0 Å². The Hall–Kier alpha value is -0.680. The second kappa shape index (κ2) is 6.31. The summed E-state index contributed by atoms with van der Waals surface area (Å²) in [5, 5.41) is 4.64. The molecule has 2 heterocycles. The summed E-state index contributed by atoms with van der Waals surface area (Å²) < 4.78 is 4.08. The minimum Gasteiger partial charge on any atom is -0.347 e. The molecule has 0 saturated carbocycles. The number of nitrogens with one attached hydrogen (secondary N) is 1. The Morgan fingerprint density at radius 3 is 3.18 bits per heavy atom. The van der Waals surface area contributed by atoms with Crippen LogP contribution in [0.4, 0.5) is 5.13 Å². The molecule has 1 aromatic rings. The third-order valence-electron chi connectivity index (χ3n) is 3.12. The van der Waals surface area contributed by atoms with Gasteiger partial charge in [0.05, 0.1) is 0 Å². The van der Waals surface area contributed by atoms with E-state index in [0.29, 0.717) is 0 Å². The fourth-order valence-electron chi connectivity index (χ4n) is 2.29. The summed E-state index contributed by atoms with van der Waals surface area (Å²) in [5.74, 6) is 1.49. The van der Waals surface area contributed by atoms with Gasteiger partial charge in [-0.25, -0.2) is 4.98 Å². The lowest BCUT2D eigenvalue weighted by Gasteiger charge is -2.32. The SMILES string of the molecule is CC(C)CNCC1CCCN(c2ncns2)C1. The van der Waals surface area contributed by atoms with Crippen LogP contribution in [0, 0.1) is 11.8 Å². The van der Waals surface area contributed by atoms with Crippen molar-refractivity contribution in [3.63, 3.8) is 0 Å². The van der Waals surface area contributed by atoms with Crippen LogP contribution in [0.1, 0.15) is 26.7 Å². The van der Waals surface area contributed by atoms with Gasteiger partial charge in [0.2, 0.25) is 5.13 Å². The zero-order valence-electron chi connectivity index (χ0n) is 10.7. The number of hydrogen-bond donors (Lipinski definition) is 1. The van der Waals surface area contributed by atoms with Crippen molar-refractivity contribution in [2.45, 2.75) is 26.7 Å². The average Bonchev–Trinajstić information content (AvgIpc) is 2.82. The maximum absolute atomic E-state index is 4.30. The first kappa shape index (κ1) is 12.8. The molecule has 1 aromatic heterocycles. The van der Waals surface area contributed by atoms with Crippen molar-refractivity contribution in [2.24, 2.45) is 11.8 Å². The second-order valence-electron chi connectivity index (χ2n) is 5.23. The molecule has 0 spiro atoms. The second-order valence-corrected chi connectivity index (χ2v) is 5.99. The monoisotopic (exact) mass is 254 g/mol. The van der Waals surface area contributed by atoms with E-state index in [2.05, 4.69) is 33.4 Å². The van der Waals surface area contributed by atoms with Gasteiger partial charge in [0.25, 0.3) is 0 Å². The Balaban J connectivity index is 1.77. The van der Waals surface area contributed by atoms with Crippen LogP contribution >= 0.6 is 11.5 Å². The Morgan fingerprint density at radius 1 is 1.59 bits per heavy atom. The average molecular weight is 254 g/mol. The van der Waals surface area contributed by atoms with Gasteiger partial charge in [-0.1, -0.05) is 13.8 Å². The van der Waals surface area contributed by atoms with Crippen LogP contribution in [0.5, 0.6) is 0 Å². The molecule has 96 valence electrons. The maximum atomic E-state index is 4.30. The molecule has 1 fully saturated rings. The fourth-order valence-corrected chi connectivity index (χ4v) is 2.85. The van der Waals surface area contributed by atoms with Crippen molar-refractivity contribution in [1.29, 1.82) is 0 Å². The molecule has 1 N–H and O–H groups in total. The van der Waals surface area contributed by atoms with E-state index < -0.39 is 0 Å². The topological polar surface area (TPSA) is 41.0 Å². The van der Waals surface area contributed by atoms with E-state index >= 15 is 0 Å². The first-order valence-electron chi connectivity index (χ1n) is 6.48. The molecule has 1 atom stereocenters. The van der Waals surface area contributed by atoms with Crippen LogP contribution < -0.4 is 10.2 Å². The van der Waals surface area contributed by atoms with Gasteiger partial charge in [-0.3, -0.25) is 0 Å². The molecule has 0 aliphatic carbocycles. The van der Waals surface area contributed by atoms with E-state index in [0.717, 1.165) is 43.1 Å². The number of anilines is 1. The van der Waals surface area contributed by atoms with Crippen LogP contribution in [-0.4, -0.2) is 35.5 Å². The predicted octanol–water partition coefficient (Wildman–Crippen LogP) is 2.00. The molecule has 2 rings (SSSR count). The van der Waals surface area contributed by atoms with Gasteiger partial charge in [-0.15, -0.1) is 0 Å². The third-order valence-corrected chi connectivity index (χ3v) is 3.85. The molecule has 0 bridgehead atoms. The van der Waals surface area contributed by atoms with Crippen LogP contribution in [0.3, 0.4) is 0 Å². The molecular formula is C12H22N4S. The van der Waals surface area contributed by atoms with Crippen molar-refractivity contribution in [3.05, 3.63) is 6.33 Å². The van der Waals surface area contributed by atoms with Crippen LogP contribution in [0.25, 0.3) is 0 Å². The summed E-state index contributed by atoms with van der Waals surface area (Å²) in [5.41, 5.74) is 0. The summed E-state index contributed by atoms with van der Waals surface area (Å²) in [7, 11) is 0. The number of hydrogen-bond acceptors (Lipinski definition) is 5. The molecule has 1 aliphatic rings. The molecule has 1 unspecified atom stereocenters. The first-order valence-corrected chi connectivity index (χ1v) is 7.25. The highest BCUT2D eigenvalue weighted by Gasteiger charge is 2.21. The molecular weight excluding hydrogens is 232 g/mol. The molecule has 0 aromatic carbocycles. The van der Waals surface area contributed by atoms with E-state index in [-0.39, 0.29) is 0 Å². The Labute approximate surface area is 108 Å². The summed E-state index contributed by atoms with van der Waals surface area (Å²) >= 11 is 1.50. The number of aromatic nitrogens is 2. The smallest absolute Gasteiger partial charge is 0.204 e. The summed E-state index contributed by atoms with van der Waals surface area (Å²) in [6.07, 6.45) is 4.26. The molecule has 0 amide bonds. The van der Waals surface area contributed by atoms with Crippen molar-refractivity contribution < 1.29 is 0 Å². The number of piperidine rings is 1. The molecule has 0 radical (unpaired) electrons.